The van der Waals surface area contributed by atoms with Gasteiger partial charge in [0.25, 0.3) is 0 Å². The predicted molar refractivity (Wildman–Crippen MR) is 40.6 cm³/mol. The molecule has 1 heterocycles. The van der Waals surface area contributed by atoms with Crippen molar-refractivity contribution in [3.05, 3.63) is 23.0 Å². The second kappa shape index (κ2) is 2.86. The Morgan fingerprint density at radius 1 is 1.82 bits per heavy atom. The van der Waals surface area contributed by atoms with Crippen molar-refractivity contribution < 1.29 is 10.5 Å². The molecule has 0 aliphatic carbocycles. The average Bonchev–Trinajstić information content (AvgIpc) is 2.30. The van der Waals surface area contributed by atoms with E-state index >= 15 is 0 Å². The largest absolute Gasteiger partial charge is 0.361 e. The van der Waals surface area contributed by atoms with Gasteiger partial charge in [0.1, 0.15) is 5.56 Å². The number of aryl methyl sites for hydroxylation is 1. The molecule has 0 saturated heterocycles. The van der Waals surface area contributed by atoms with E-state index < -0.39 is 0 Å². The number of nitrogens with two attached hydrogens (primary N) is 1. The van der Waals surface area contributed by atoms with Gasteiger partial charge in [-0.3, -0.25) is 5.73 Å². The summed E-state index contributed by atoms with van der Waals surface area (Å²) in [5.41, 5.74) is 11.0. The van der Waals surface area contributed by atoms with Crippen molar-refractivity contribution >= 4 is 5.91 Å². The van der Waals surface area contributed by atoms with E-state index in [9.17, 15) is 4.79 Å². The van der Waals surface area contributed by atoms with Crippen LogP contribution in [0.15, 0.2) is 6.07 Å². The minimum atomic E-state index is -0.185. The Kier molecular flexibility index (Phi) is 2.07. The average molecular weight is 154 g/mol. The summed E-state index contributed by atoms with van der Waals surface area (Å²) in [5, 5.41) is 0. The fourth-order valence-electron chi connectivity index (χ4n) is 1.05. The predicted octanol–water partition coefficient (Wildman–Crippen LogP) is -0.836. The Hall–Kier alpha value is -1.13. The van der Waals surface area contributed by atoms with Crippen molar-refractivity contribution in [2.45, 2.75) is 13.5 Å². The van der Waals surface area contributed by atoms with Gasteiger partial charge in [0, 0.05) is 17.9 Å². The number of hydrogen-bond acceptors (Lipinski definition) is 2. The summed E-state index contributed by atoms with van der Waals surface area (Å²) >= 11 is 0. The van der Waals surface area contributed by atoms with Crippen LogP contribution < -0.4 is 11.5 Å². The molecular formula is C7H12N3O+. The smallest absolute Gasteiger partial charge is 0.342 e. The first-order chi connectivity index (χ1) is 5.15. The van der Waals surface area contributed by atoms with Gasteiger partial charge in [0.2, 0.25) is 0 Å². The van der Waals surface area contributed by atoms with Crippen molar-refractivity contribution in [2.75, 3.05) is 0 Å². The van der Waals surface area contributed by atoms with Crippen LogP contribution in [0.25, 0.3) is 0 Å². The Balaban J connectivity index is 3.12. The quantitative estimate of drug-likeness (QED) is 0.519. The van der Waals surface area contributed by atoms with Gasteiger partial charge in [-0.2, -0.15) is 0 Å². The normalized spacial score (nSPS) is 10.1. The maximum absolute atomic E-state index is 10.9. The van der Waals surface area contributed by atoms with Gasteiger partial charge in [-0.25, -0.2) is 4.79 Å². The summed E-state index contributed by atoms with van der Waals surface area (Å²) in [7, 11) is 0. The van der Waals surface area contributed by atoms with Crippen molar-refractivity contribution in [3.8, 4) is 0 Å². The van der Waals surface area contributed by atoms with E-state index in [4.69, 9.17) is 5.73 Å². The van der Waals surface area contributed by atoms with Gasteiger partial charge in [-0.05, 0) is 13.0 Å². The number of carbonyl (C=O) groups excluding carboxylic acids is 1. The Morgan fingerprint density at radius 3 is 2.82 bits per heavy atom. The fourth-order valence-corrected chi connectivity index (χ4v) is 1.05. The number of quaternary nitrogens is 1. The highest BCUT2D eigenvalue weighted by atomic mass is 16.1. The van der Waals surface area contributed by atoms with E-state index in [2.05, 4.69) is 10.7 Å². The number of aromatic nitrogens is 1. The highest BCUT2D eigenvalue weighted by Gasteiger charge is 2.11. The Morgan fingerprint density at radius 2 is 2.45 bits per heavy atom. The molecule has 0 unspecified atom stereocenters. The molecule has 11 heavy (non-hydrogen) atoms. The van der Waals surface area contributed by atoms with E-state index in [0.717, 1.165) is 11.4 Å². The topological polar surface area (TPSA) is 86.5 Å². The third-order valence-electron chi connectivity index (χ3n) is 1.54. The number of amides is 1. The van der Waals surface area contributed by atoms with Crippen molar-refractivity contribution in [1.82, 2.24) is 4.98 Å². The molecule has 1 aromatic rings. The molecule has 0 radical (unpaired) electrons. The number of hydrogen-bond donors (Lipinski definition) is 3. The van der Waals surface area contributed by atoms with Crippen LogP contribution in [0, 0.1) is 6.92 Å². The van der Waals surface area contributed by atoms with Crippen molar-refractivity contribution in [1.29, 1.82) is 0 Å². The molecule has 6 N–H and O–H groups in total. The van der Waals surface area contributed by atoms with Gasteiger partial charge in [-0.15, -0.1) is 0 Å². The summed E-state index contributed by atoms with van der Waals surface area (Å²) < 4.78 is 0. The van der Waals surface area contributed by atoms with E-state index in [1.807, 2.05) is 6.92 Å². The highest BCUT2D eigenvalue weighted by Crippen LogP contribution is 2.07. The first-order valence-corrected chi connectivity index (χ1v) is 3.40. The van der Waals surface area contributed by atoms with Gasteiger partial charge < -0.3 is 10.7 Å². The Bertz CT molecular complexity index is 277. The van der Waals surface area contributed by atoms with Crippen molar-refractivity contribution in [3.63, 3.8) is 0 Å². The molecule has 0 aromatic carbocycles. The lowest BCUT2D eigenvalue weighted by Gasteiger charge is -1.91. The van der Waals surface area contributed by atoms with E-state index in [-0.39, 0.29) is 5.91 Å². The molecule has 0 fully saturated rings. The van der Waals surface area contributed by atoms with Gasteiger partial charge in [0.15, 0.2) is 0 Å². The molecule has 0 saturated carbocycles. The number of rotatable bonds is 2. The molecule has 0 aliphatic rings. The maximum atomic E-state index is 10.9. The molecule has 0 aliphatic heterocycles. The Labute approximate surface area is 64.6 Å². The zero-order chi connectivity index (χ0) is 8.43. The second-order valence-electron chi connectivity index (χ2n) is 2.47. The fraction of sp³-hybridized carbons (Fsp3) is 0.286. The monoisotopic (exact) mass is 154 g/mol. The molecular weight excluding hydrogens is 142 g/mol. The summed E-state index contributed by atoms with van der Waals surface area (Å²) in [6.07, 6.45) is 0. The molecule has 0 atom stereocenters. The summed E-state index contributed by atoms with van der Waals surface area (Å²) in [4.78, 5) is 13.8. The lowest BCUT2D eigenvalue weighted by molar-refractivity contribution is -0.255. The van der Waals surface area contributed by atoms with Gasteiger partial charge >= 0.3 is 5.91 Å². The standard InChI is InChI=1S/C7H11N3O/c1-4-2-5(7(9)11)6(3-8)10-4/h2,10H,3,8H2,1H3,(H2,9,11)/p+1. The molecule has 0 bridgehead atoms. The second-order valence-corrected chi connectivity index (χ2v) is 2.47. The van der Waals surface area contributed by atoms with Crippen LogP contribution >= 0.6 is 0 Å². The molecule has 4 nitrogen and oxygen atoms in total. The van der Waals surface area contributed by atoms with Gasteiger partial charge in [0.05, 0.1) is 0 Å². The van der Waals surface area contributed by atoms with Crippen LogP contribution in [0.3, 0.4) is 0 Å². The summed E-state index contributed by atoms with van der Waals surface area (Å²) in [6, 6.07) is 1.76. The third kappa shape index (κ3) is 1.47. The molecule has 4 heteroatoms. The SMILES string of the molecule is Cc1cc(C([NH3+])=O)c(CN)[nH]1. The number of aromatic amines is 1. The molecule has 1 aromatic heterocycles. The van der Waals surface area contributed by atoms with Crippen LogP contribution in [0.1, 0.15) is 21.7 Å². The number of nitrogens with one attached hydrogen (secondary N) is 1. The number of H-pyrrole nitrogens is 1. The van der Waals surface area contributed by atoms with Crippen LogP contribution in [-0.2, 0) is 6.54 Å². The third-order valence-corrected chi connectivity index (χ3v) is 1.54. The van der Waals surface area contributed by atoms with E-state index in [1.54, 1.807) is 6.07 Å². The zero-order valence-electron chi connectivity index (χ0n) is 6.48. The van der Waals surface area contributed by atoms with Crippen LogP contribution in [0.2, 0.25) is 0 Å². The highest BCUT2D eigenvalue weighted by molar-refractivity contribution is 5.87. The van der Waals surface area contributed by atoms with E-state index in [0.29, 0.717) is 12.1 Å². The molecule has 0 spiro atoms. The zero-order valence-corrected chi connectivity index (χ0v) is 6.48. The summed E-state index contributed by atoms with van der Waals surface area (Å²) in [6.45, 7) is 2.23. The van der Waals surface area contributed by atoms with Crippen LogP contribution in [0.4, 0.5) is 0 Å². The number of carbonyl (C=O) groups is 1. The lowest BCUT2D eigenvalue weighted by Crippen LogP contribution is -2.57. The minimum absolute atomic E-state index is 0.185. The lowest BCUT2D eigenvalue weighted by atomic mass is 10.2. The maximum Gasteiger partial charge on any atom is 0.342 e. The molecule has 1 rings (SSSR count). The van der Waals surface area contributed by atoms with Crippen LogP contribution in [-0.4, -0.2) is 10.9 Å². The minimum Gasteiger partial charge on any atom is -0.361 e. The van der Waals surface area contributed by atoms with Crippen molar-refractivity contribution in [2.24, 2.45) is 5.73 Å². The first-order valence-electron chi connectivity index (χ1n) is 3.40. The van der Waals surface area contributed by atoms with Gasteiger partial charge in [-0.1, -0.05) is 0 Å². The van der Waals surface area contributed by atoms with Crippen LogP contribution in [0.5, 0.6) is 0 Å². The molecule has 60 valence electrons. The molecule has 1 amide bonds. The first kappa shape index (κ1) is 7.97. The van der Waals surface area contributed by atoms with E-state index in [1.165, 1.54) is 0 Å². The summed E-state index contributed by atoms with van der Waals surface area (Å²) in [5.74, 6) is -0.185.